The van der Waals surface area contributed by atoms with Crippen LogP contribution < -0.4 is 9.64 Å². The molecule has 2 heterocycles. The molecule has 7 heteroatoms. The first-order valence-electron chi connectivity index (χ1n) is 5.63. The van der Waals surface area contributed by atoms with Crippen LogP contribution in [0.25, 0.3) is 0 Å². The second-order valence-electron chi connectivity index (χ2n) is 3.87. The van der Waals surface area contributed by atoms with E-state index in [0.29, 0.717) is 21.7 Å². The topological polar surface area (TPSA) is 55.3 Å². The zero-order chi connectivity index (χ0) is 14.7. The molecule has 104 valence electrons. The van der Waals surface area contributed by atoms with Gasteiger partial charge in [-0.3, -0.25) is 4.79 Å². The highest BCUT2D eigenvalue weighted by Gasteiger charge is 2.19. The molecule has 2 aromatic heterocycles. The second-order valence-corrected chi connectivity index (χ2v) is 4.98. The predicted molar refractivity (Wildman–Crippen MR) is 80.5 cm³/mol. The molecule has 1 amide bonds. The molecule has 0 saturated heterocycles. The van der Waals surface area contributed by atoms with Crippen LogP contribution in [0.2, 0.25) is 5.15 Å². The highest BCUT2D eigenvalue weighted by Crippen LogP contribution is 2.27. The van der Waals surface area contributed by atoms with Crippen LogP contribution in [0.4, 0.5) is 5.69 Å². The van der Waals surface area contributed by atoms with Crippen LogP contribution in [0.3, 0.4) is 0 Å². The van der Waals surface area contributed by atoms with Gasteiger partial charge in [-0.15, -0.1) is 0 Å². The van der Waals surface area contributed by atoms with Gasteiger partial charge in [0.25, 0.3) is 5.91 Å². The fraction of sp³-hybridized carbons (Fsp3) is 0.154. The number of rotatable bonds is 3. The lowest BCUT2D eigenvalue weighted by atomic mass is 10.2. The Labute approximate surface area is 129 Å². The number of methoxy groups -OCH3 is 1. The highest BCUT2D eigenvalue weighted by molar-refractivity contribution is 9.10. The number of ether oxygens (including phenoxy) is 1. The molecule has 0 saturated carbocycles. The summed E-state index contributed by atoms with van der Waals surface area (Å²) in [6, 6.07) is 6.69. The molecule has 0 aliphatic rings. The van der Waals surface area contributed by atoms with Crippen LogP contribution in [0.5, 0.6) is 5.88 Å². The van der Waals surface area contributed by atoms with E-state index in [1.807, 2.05) is 0 Å². The van der Waals surface area contributed by atoms with Crippen molar-refractivity contribution >= 4 is 39.1 Å². The van der Waals surface area contributed by atoms with E-state index < -0.39 is 0 Å². The third-order valence-electron chi connectivity index (χ3n) is 2.67. The largest absolute Gasteiger partial charge is 0.481 e. The molecule has 0 bridgehead atoms. The Morgan fingerprint density at radius 1 is 1.40 bits per heavy atom. The van der Waals surface area contributed by atoms with Crippen molar-refractivity contribution in [3.63, 3.8) is 0 Å². The van der Waals surface area contributed by atoms with Gasteiger partial charge >= 0.3 is 0 Å². The minimum Gasteiger partial charge on any atom is -0.481 e. The third-order valence-corrected chi connectivity index (χ3v) is 3.55. The van der Waals surface area contributed by atoms with Crippen LogP contribution in [0.15, 0.2) is 35.1 Å². The second kappa shape index (κ2) is 6.19. The molecule has 0 radical (unpaired) electrons. The minimum atomic E-state index is -0.268. The maximum absolute atomic E-state index is 12.4. The number of halogens is 2. The Morgan fingerprint density at radius 2 is 2.15 bits per heavy atom. The number of anilines is 1. The van der Waals surface area contributed by atoms with Crippen molar-refractivity contribution in [2.24, 2.45) is 0 Å². The average Bonchev–Trinajstić information content (AvgIpc) is 2.46. The number of pyridine rings is 2. The zero-order valence-electron chi connectivity index (χ0n) is 10.8. The lowest BCUT2D eigenvalue weighted by Crippen LogP contribution is -2.27. The quantitative estimate of drug-likeness (QED) is 0.793. The maximum Gasteiger partial charge on any atom is 0.261 e. The Morgan fingerprint density at radius 3 is 2.75 bits per heavy atom. The third kappa shape index (κ3) is 2.91. The summed E-state index contributed by atoms with van der Waals surface area (Å²) in [5, 5.41) is 0.168. The standard InChI is InChI=1S/C13H11BrClN3O2/c1-18(9-5-6-10(20-2)17-11(9)14)13(19)8-4-3-7-16-12(8)15/h3-7H,1-2H3. The Bertz CT molecular complexity index is 651. The summed E-state index contributed by atoms with van der Waals surface area (Å²) >= 11 is 9.25. The lowest BCUT2D eigenvalue weighted by molar-refractivity contribution is 0.0992. The molecule has 0 atom stereocenters. The Hall–Kier alpha value is -1.66. The highest BCUT2D eigenvalue weighted by atomic mass is 79.9. The summed E-state index contributed by atoms with van der Waals surface area (Å²) < 4.78 is 5.53. The van der Waals surface area contributed by atoms with E-state index in [4.69, 9.17) is 16.3 Å². The van der Waals surface area contributed by atoms with E-state index in [-0.39, 0.29) is 11.1 Å². The normalized spacial score (nSPS) is 10.2. The van der Waals surface area contributed by atoms with Crippen LogP contribution in [0, 0.1) is 0 Å². The first-order chi connectivity index (χ1) is 9.54. The number of carbonyl (C=O) groups is 1. The van der Waals surface area contributed by atoms with E-state index in [9.17, 15) is 4.79 Å². The molecular weight excluding hydrogens is 346 g/mol. The van der Waals surface area contributed by atoms with Gasteiger partial charge in [0.1, 0.15) is 9.76 Å². The van der Waals surface area contributed by atoms with Crippen LogP contribution in [-0.4, -0.2) is 30.0 Å². The predicted octanol–water partition coefficient (Wildman–Crippen LogP) is 3.18. The molecule has 5 nitrogen and oxygen atoms in total. The van der Waals surface area contributed by atoms with Crippen LogP contribution in [-0.2, 0) is 0 Å². The molecule has 0 spiro atoms. The smallest absolute Gasteiger partial charge is 0.261 e. The van der Waals surface area contributed by atoms with Gasteiger partial charge in [0.05, 0.1) is 18.4 Å². The summed E-state index contributed by atoms with van der Waals surface area (Å²) in [5.41, 5.74) is 0.940. The summed E-state index contributed by atoms with van der Waals surface area (Å²) in [4.78, 5) is 21.9. The molecule has 0 aromatic carbocycles. The molecule has 0 aliphatic heterocycles. The van der Waals surface area contributed by atoms with Crippen molar-refractivity contribution in [2.45, 2.75) is 0 Å². The number of amides is 1. The molecular formula is C13H11BrClN3O2. The van der Waals surface area contributed by atoms with Crippen molar-refractivity contribution in [2.75, 3.05) is 19.1 Å². The summed E-state index contributed by atoms with van der Waals surface area (Å²) in [5.74, 6) is 0.191. The number of nitrogens with zero attached hydrogens (tertiary/aromatic N) is 3. The zero-order valence-corrected chi connectivity index (χ0v) is 13.1. The van der Waals surface area contributed by atoms with Gasteiger partial charge in [0.15, 0.2) is 0 Å². The molecule has 0 fully saturated rings. The molecule has 0 aliphatic carbocycles. The summed E-state index contributed by atoms with van der Waals surface area (Å²) in [7, 11) is 3.17. The SMILES string of the molecule is COc1ccc(N(C)C(=O)c2cccnc2Cl)c(Br)n1. The van der Waals surface area contributed by atoms with E-state index in [0.717, 1.165) is 0 Å². The number of carbonyl (C=O) groups excluding carboxylic acids is 1. The van der Waals surface area contributed by atoms with Gasteiger partial charge in [-0.25, -0.2) is 9.97 Å². The summed E-state index contributed by atoms with van der Waals surface area (Å²) in [6.45, 7) is 0. The fourth-order valence-corrected chi connectivity index (χ4v) is 2.38. The van der Waals surface area contributed by atoms with Crippen molar-refractivity contribution in [1.29, 1.82) is 0 Å². The first-order valence-corrected chi connectivity index (χ1v) is 6.80. The van der Waals surface area contributed by atoms with Gasteiger partial charge in [-0.2, -0.15) is 0 Å². The first kappa shape index (κ1) is 14.7. The lowest BCUT2D eigenvalue weighted by Gasteiger charge is -2.19. The van der Waals surface area contributed by atoms with Crippen LogP contribution in [0.1, 0.15) is 10.4 Å². The monoisotopic (exact) mass is 355 g/mol. The van der Waals surface area contributed by atoms with Crippen molar-refractivity contribution < 1.29 is 9.53 Å². The Balaban J connectivity index is 2.34. The Kier molecular flexibility index (Phi) is 4.57. The average molecular weight is 357 g/mol. The van der Waals surface area contributed by atoms with Gasteiger partial charge in [0.2, 0.25) is 5.88 Å². The minimum absolute atomic E-state index is 0.168. The van der Waals surface area contributed by atoms with E-state index >= 15 is 0 Å². The number of hydrogen-bond donors (Lipinski definition) is 0. The van der Waals surface area contributed by atoms with E-state index in [1.165, 1.54) is 18.2 Å². The van der Waals surface area contributed by atoms with Gasteiger partial charge in [0, 0.05) is 19.3 Å². The fourth-order valence-electron chi connectivity index (χ4n) is 1.61. The molecule has 2 aromatic rings. The van der Waals surface area contributed by atoms with Gasteiger partial charge in [-0.05, 0) is 34.1 Å². The molecule has 20 heavy (non-hydrogen) atoms. The van der Waals surface area contributed by atoms with Gasteiger partial charge < -0.3 is 9.64 Å². The van der Waals surface area contributed by atoms with Crippen molar-refractivity contribution in [1.82, 2.24) is 9.97 Å². The van der Waals surface area contributed by atoms with E-state index in [1.54, 1.807) is 31.3 Å². The van der Waals surface area contributed by atoms with Crippen molar-refractivity contribution in [3.8, 4) is 5.88 Å². The molecule has 2 rings (SSSR count). The number of hydrogen-bond acceptors (Lipinski definition) is 4. The van der Waals surface area contributed by atoms with E-state index in [2.05, 4.69) is 25.9 Å². The summed E-state index contributed by atoms with van der Waals surface area (Å²) in [6.07, 6.45) is 1.53. The van der Waals surface area contributed by atoms with Crippen LogP contribution >= 0.6 is 27.5 Å². The number of aromatic nitrogens is 2. The van der Waals surface area contributed by atoms with Crippen molar-refractivity contribution in [3.05, 3.63) is 45.8 Å². The molecule has 0 unspecified atom stereocenters. The molecule has 0 N–H and O–H groups in total. The van der Waals surface area contributed by atoms with Gasteiger partial charge in [-0.1, -0.05) is 11.6 Å². The maximum atomic E-state index is 12.4.